The van der Waals surface area contributed by atoms with Crippen LogP contribution in [0.1, 0.15) is 9.80 Å². The van der Waals surface area contributed by atoms with Gasteiger partial charge < -0.3 is 4.74 Å². The number of hydrogen-bond acceptors (Lipinski definition) is 4. The molecule has 0 atom stereocenters. The van der Waals surface area contributed by atoms with Crippen molar-refractivity contribution in [3.8, 4) is 0 Å². The summed E-state index contributed by atoms with van der Waals surface area (Å²) in [6.07, 6.45) is 0. The van der Waals surface area contributed by atoms with E-state index in [1.807, 2.05) is 0 Å². The number of carbonyl (C=O) groups is 1. The van der Waals surface area contributed by atoms with Crippen LogP contribution < -0.4 is 0 Å². The number of aromatic nitrogens is 1. The quantitative estimate of drug-likeness (QED) is 0.578. The van der Waals surface area contributed by atoms with Gasteiger partial charge in [0.1, 0.15) is 0 Å². The summed E-state index contributed by atoms with van der Waals surface area (Å²) in [6, 6.07) is 0. The number of rotatable bonds is 1. The zero-order chi connectivity index (χ0) is 7.56. The van der Waals surface area contributed by atoms with Crippen LogP contribution in [-0.4, -0.2) is 18.1 Å². The predicted molar refractivity (Wildman–Crippen MR) is 33.4 cm³/mol. The van der Waals surface area contributed by atoms with Gasteiger partial charge in [0.15, 0.2) is 0 Å². The highest BCUT2D eigenvalue weighted by Gasteiger charge is 2.09. The Morgan fingerprint density at radius 2 is 2.60 bits per heavy atom. The third-order valence-corrected chi connectivity index (χ3v) is 1.63. The zero-order valence-corrected chi connectivity index (χ0v) is 5.94. The predicted octanol–water partition coefficient (Wildman–Crippen LogP) is 1.07. The van der Waals surface area contributed by atoms with E-state index < -0.39 is 11.9 Å². The molecule has 0 saturated heterocycles. The number of halogens is 1. The van der Waals surface area contributed by atoms with Gasteiger partial charge in [0.25, 0.3) is 0 Å². The highest BCUT2D eigenvalue weighted by molar-refractivity contribution is 7.11. The summed E-state index contributed by atoms with van der Waals surface area (Å²) in [4.78, 5) is 13.8. The fourth-order valence-electron chi connectivity index (χ4n) is 0.435. The molecule has 0 amide bonds. The van der Waals surface area contributed by atoms with Crippen molar-refractivity contribution in [2.45, 2.75) is 0 Å². The van der Waals surface area contributed by atoms with Gasteiger partial charge in [-0.1, -0.05) is 0 Å². The monoisotopic (exact) mass is 161 g/mol. The van der Waals surface area contributed by atoms with Gasteiger partial charge >= 0.3 is 5.97 Å². The molecular weight excluding hydrogens is 157 g/mol. The minimum absolute atomic E-state index is 0.0417. The normalized spacial score (nSPS) is 9.40. The molecule has 0 N–H and O–H groups in total. The zero-order valence-electron chi connectivity index (χ0n) is 5.13. The Morgan fingerprint density at radius 1 is 1.90 bits per heavy atom. The van der Waals surface area contributed by atoms with Crippen molar-refractivity contribution in [1.29, 1.82) is 0 Å². The first-order chi connectivity index (χ1) is 4.74. The molecule has 0 aromatic carbocycles. The Morgan fingerprint density at radius 3 is 3.00 bits per heavy atom. The van der Waals surface area contributed by atoms with E-state index in [0.29, 0.717) is 0 Å². The number of methoxy groups -OCH3 is 1. The second kappa shape index (κ2) is 2.74. The van der Waals surface area contributed by atoms with Crippen molar-refractivity contribution < 1.29 is 13.9 Å². The molecule has 1 aromatic rings. The molecule has 0 aliphatic carbocycles. The van der Waals surface area contributed by atoms with E-state index >= 15 is 0 Å². The minimum Gasteiger partial charge on any atom is -0.464 e. The summed E-state index contributed by atoms with van der Waals surface area (Å²) >= 11 is 0.922. The Labute approximate surface area is 60.5 Å². The van der Waals surface area contributed by atoms with Gasteiger partial charge in [-0.15, -0.1) is 11.3 Å². The maximum Gasteiger partial charge on any atom is 0.367 e. The van der Waals surface area contributed by atoms with Crippen molar-refractivity contribution in [3.05, 3.63) is 16.3 Å². The van der Waals surface area contributed by atoms with E-state index in [2.05, 4.69) is 9.72 Å². The second-order valence-electron chi connectivity index (χ2n) is 1.47. The highest BCUT2D eigenvalue weighted by Crippen LogP contribution is 2.08. The fraction of sp³-hybridized carbons (Fsp3) is 0.200. The standard InChI is InChI=1S/C5H4FNO2S/c1-9-5(8)4-7-3(6)2-10-4/h2H,1H3. The van der Waals surface area contributed by atoms with Crippen LogP contribution in [0.25, 0.3) is 0 Å². The molecule has 0 unspecified atom stereocenters. The van der Waals surface area contributed by atoms with Gasteiger partial charge in [0.05, 0.1) is 7.11 Å². The van der Waals surface area contributed by atoms with E-state index in [1.165, 1.54) is 7.11 Å². The average Bonchev–Trinajstić information content (AvgIpc) is 2.34. The van der Waals surface area contributed by atoms with Gasteiger partial charge in [0, 0.05) is 5.38 Å². The molecule has 3 nitrogen and oxygen atoms in total. The minimum atomic E-state index is -0.648. The largest absolute Gasteiger partial charge is 0.464 e. The first-order valence-electron chi connectivity index (χ1n) is 2.43. The highest BCUT2D eigenvalue weighted by atomic mass is 32.1. The number of thiazole rings is 1. The summed E-state index contributed by atoms with van der Waals surface area (Å²) in [5, 5.41) is 1.19. The van der Waals surface area contributed by atoms with Crippen LogP contribution in [0.15, 0.2) is 5.38 Å². The first-order valence-corrected chi connectivity index (χ1v) is 3.31. The molecule has 5 heteroatoms. The summed E-state index contributed by atoms with van der Waals surface area (Å²) in [6.45, 7) is 0. The molecule has 0 saturated carbocycles. The van der Waals surface area contributed by atoms with Crippen molar-refractivity contribution in [2.24, 2.45) is 0 Å². The summed E-state index contributed by atoms with van der Waals surface area (Å²) < 4.78 is 16.4. The van der Waals surface area contributed by atoms with Crippen LogP contribution in [0.5, 0.6) is 0 Å². The van der Waals surface area contributed by atoms with Gasteiger partial charge in [0.2, 0.25) is 11.0 Å². The number of esters is 1. The lowest BCUT2D eigenvalue weighted by Gasteiger charge is -1.88. The van der Waals surface area contributed by atoms with E-state index in [4.69, 9.17) is 0 Å². The van der Waals surface area contributed by atoms with Crippen LogP contribution in [-0.2, 0) is 4.74 Å². The Hall–Kier alpha value is -0.970. The average molecular weight is 161 g/mol. The summed E-state index contributed by atoms with van der Waals surface area (Å²) in [5.74, 6) is -1.25. The smallest absolute Gasteiger partial charge is 0.367 e. The van der Waals surface area contributed by atoms with E-state index in [0.717, 1.165) is 16.7 Å². The van der Waals surface area contributed by atoms with Gasteiger partial charge in [-0.05, 0) is 0 Å². The summed E-state index contributed by atoms with van der Waals surface area (Å²) in [7, 11) is 1.22. The molecule has 0 aliphatic rings. The van der Waals surface area contributed by atoms with Crippen molar-refractivity contribution >= 4 is 17.3 Å². The maximum absolute atomic E-state index is 12.1. The number of hydrogen-bond donors (Lipinski definition) is 0. The molecule has 0 fully saturated rings. The van der Waals surface area contributed by atoms with E-state index in [9.17, 15) is 9.18 Å². The van der Waals surface area contributed by atoms with Crippen LogP contribution in [0.3, 0.4) is 0 Å². The van der Waals surface area contributed by atoms with Gasteiger partial charge in [-0.3, -0.25) is 0 Å². The lowest BCUT2D eigenvalue weighted by molar-refractivity contribution is 0.0599. The third kappa shape index (κ3) is 1.30. The molecule has 1 aromatic heterocycles. The van der Waals surface area contributed by atoms with E-state index in [1.54, 1.807) is 0 Å². The molecule has 10 heavy (non-hydrogen) atoms. The molecule has 0 radical (unpaired) electrons. The Bertz CT molecular complexity index is 248. The third-order valence-electron chi connectivity index (χ3n) is 0.836. The van der Waals surface area contributed by atoms with Crippen molar-refractivity contribution in [3.63, 3.8) is 0 Å². The molecule has 0 aliphatic heterocycles. The van der Waals surface area contributed by atoms with Crippen molar-refractivity contribution in [2.75, 3.05) is 7.11 Å². The second-order valence-corrected chi connectivity index (χ2v) is 2.33. The molecule has 0 spiro atoms. The number of ether oxygens (including phenoxy) is 1. The van der Waals surface area contributed by atoms with Crippen molar-refractivity contribution in [1.82, 2.24) is 4.98 Å². The summed E-state index contributed by atoms with van der Waals surface area (Å²) in [5.41, 5.74) is 0. The van der Waals surface area contributed by atoms with Crippen LogP contribution >= 0.6 is 11.3 Å². The Kier molecular flexibility index (Phi) is 1.96. The molecular formula is C5H4FNO2S. The molecule has 1 rings (SSSR count). The number of nitrogens with zero attached hydrogens (tertiary/aromatic N) is 1. The van der Waals surface area contributed by atoms with Crippen LogP contribution in [0.2, 0.25) is 0 Å². The SMILES string of the molecule is COC(=O)c1nc(F)cs1. The lowest BCUT2D eigenvalue weighted by atomic mass is 10.7. The maximum atomic E-state index is 12.1. The van der Waals surface area contributed by atoms with Gasteiger partial charge in [-0.25, -0.2) is 9.78 Å². The molecule has 0 bridgehead atoms. The van der Waals surface area contributed by atoms with Gasteiger partial charge in [-0.2, -0.15) is 4.39 Å². The molecule has 1 heterocycles. The number of carbonyl (C=O) groups excluding carboxylic acids is 1. The van der Waals surface area contributed by atoms with E-state index in [-0.39, 0.29) is 5.01 Å². The Balaban J connectivity index is 2.85. The topological polar surface area (TPSA) is 39.2 Å². The molecule has 54 valence electrons. The fourth-order valence-corrected chi connectivity index (χ4v) is 1.02. The lowest BCUT2D eigenvalue weighted by Crippen LogP contribution is -1.99. The van der Waals surface area contributed by atoms with Crippen LogP contribution in [0.4, 0.5) is 4.39 Å². The first kappa shape index (κ1) is 7.14. The van der Waals surface area contributed by atoms with Crippen LogP contribution in [0, 0.1) is 5.95 Å².